The molecule has 5 heteroatoms. The Morgan fingerprint density at radius 2 is 2.11 bits per heavy atom. The molecule has 2 heterocycles. The van der Waals surface area contributed by atoms with E-state index in [2.05, 4.69) is 40.5 Å². The van der Waals surface area contributed by atoms with Crippen molar-refractivity contribution in [3.05, 3.63) is 65.9 Å². The molecule has 0 bridgehead atoms. The van der Waals surface area contributed by atoms with Crippen LogP contribution in [0.2, 0.25) is 0 Å². The van der Waals surface area contributed by atoms with Gasteiger partial charge in [-0.3, -0.25) is 14.7 Å². The van der Waals surface area contributed by atoms with E-state index in [-0.39, 0.29) is 5.91 Å². The summed E-state index contributed by atoms with van der Waals surface area (Å²) in [6, 6.07) is 18.8. The smallest absolute Gasteiger partial charge is 0.221 e. The van der Waals surface area contributed by atoms with Gasteiger partial charge in [0.05, 0.1) is 18.3 Å². The molecule has 0 radical (unpaired) electrons. The number of methoxy groups -OCH3 is 1. The maximum atomic E-state index is 11.2. The average molecular weight is 375 g/mol. The van der Waals surface area contributed by atoms with Crippen molar-refractivity contribution in [3.8, 4) is 5.75 Å². The molecule has 1 aliphatic heterocycles. The largest absolute Gasteiger partial charge is 0.497 e. The summed E-state index contributed by atoms with van der Waals surface area (Å²) in [6.45, 7) is 3.41. The van der Waals surface area contributed by atoms with Gasteiger partial charge in [-0.2, -0.15) is 0 Å². The summed E-state index contributed by atoms with van der Waals surface area (Å²) in [4.78, 5) is 18.6. The number of anilines is 1. The number of fused-ring (bicyclic) bond motifs is 1. The van der Waals surface area contributed by atoms with Gasteiger partial charge in [0.25, 0.3) is 0 Å². The number of pyridine rings is 1. The molecule has 2 aromatic carbocycles. The Hall–Kier alpha value is -2.92. The number of aromatic nitrogens is 1. The van der Waals surface area contributed by atoms with Gasteiger partial charge < -0.3 is 10.1 Å². The number of carbonyl (C=O) groups excluding carboxylic acids is 1. The third-order valence-corrected chi connectivity index (χ3v) is 5.27. The van der Waals surface area contributed by atoms with Crippen LogP contribution in [0.3, 0.4) is 0 Å². The van der Waals surface area contributed by atoms with E-state index in [1.807, 2.05) is 24.3 Å². The lowest BCUT2D eigenvalue weighted by Crippen LogP contribution is -2.23. The highest BCUT2D eigenvalue weighted by Gasteiger charge is 2.26. The number of likely N-dealkylation sites (tertiary alicyclic amines) is 1. The minimum atomic E-state index is -0.0680. The lowest BCUT2D eigenvalue weighted by molar-refractivity contribution is -0.114. The maximum absolute atomic E-state index is 11.2. The normalized spacial score (nSPS) is 17.0. The lowest BCUT2D eigenvalue weighted by atomic mass is 10.0. The van der Waals surface area contributed by atoms with Gasteiger partial charge in [-0.15, -0.1) is 0 Å². The van der Waals surface area contributed by atoms with Crippen LogP contribution in [0.1, 0.15) is 37.1 Å². The van der Waals surface area contributed by atoms with Gasteiger partial charge >= 0.3 is 0 Å². The number of nitrogens with zero attached hydrogens (tertiary/aromatic N) is 2. The molecule has 144 valence electrons. The van der Waals surface area contributed by atoms with E-state index in [1.54, 1.807) is 7.11 Å². The second-order valence-corrected chi connectivity index (χ2v) is 7.30. The fraction of sp³-hybridized carbons (Fsp3) is 0.304. The Morgan fingerprint density at radius 1 is 1.21 bits per heavy atom. The van der Waals surface area contributed by atoms with E-state index in [1.165, 1.54) is 18.9 Å². The van der Waals surface area contributed by atoms with Crippen molar-refractivity contribution >= 4 is 22.5 Å². The second-order valence-electron chi connectivity index (χ2n) is 7.30. The molecule has 0 spiro atoms. The summed E-state index contributed by atoms with van der Waals surface area (Å²) < 4.78 is 5.39. The fourth-order valence-electron chi connectivity index (χ4n) is 3.99. The summed E-state index contributed by atoms with van der Waals surface area (Å²) in [7, 11) is 1.71. The number of carbonyl (C=O) groups is 1. The quantitative estimate of drug-likeness (QED) is 0.711. The van der Waals surface area contributed by atoms with E-state index in [4.69, 9.17) is 9.72 Å². The molecule has 1 atom stereocenters. The molecule has 1 aromatic heterocycles. The zero-order valence-corrected chi connectivity index (χ0v) is 16.3. The van der Waals surface area contributed by atoms with Crippen LogP contribution >= 0.6 is 0 Å². The van der Waals surface area contributed by atoms with Crippen molar-refractivity contribution in [2.45, 2.75) is 32.4 Å². The van der Waals surface area contributed by atoms with E-state index in [0.717, 1.165) is 47.5 Å². The van der Waals surface area contributed by atoms with Crippen LogP contribution in [0.4, 0.5) is 5.69 Å². The Bertz CT molecular complexity index is 1000. The summed E-state index contributed by atoms with van der Waals surface area (Å²) in [5.74, 6) is 0.838. The molecule has 0 unspecified atom stereocenters. The number of benzene rings is 2. The van der Waals surface area contributed by atoms with Crippen LogP contribution in [0.25, 0.3) is 10.9 Å². The van der Waals surface area contributed by atoms with E-state index in [9.17, 15) is 4.79 Å². The van der Waals surface area contributed by atoms with Gasteiger partial charge in [0.2, 0.25) is 5.91 Å². The summed E-state index contributed by atoms with van der Waals surface area (Å²) in [6.07, 6.45) is 2.34. The average Bonchev–Trinajstić information content (AvgIpc) is 3.16. The van der Waals surface area contributed by atoms with Crippen LogP contribution < -0.4 is 10.1 Å². The van der Waals surface area contributed by atoms with E-state index >= 15 is 0 Å². The highest BCUT2D eigenvalue weighted by molar-refractivity contribution is 5.92. The number of ether oxygens (including phenoxy) is 1. The highest BCUT2D eigenvalue weighted by atomic mass is 16.5. The number of rotatable bonds is 5. The van der Waals surface area contributed by atoms with Crippen LogP contribution in [-0.4, -0.2) is 29.4 Å². The molecular weight excluding hydrogens is 350 g/mol. The van der Waals surface area contributed by atoms with Crippen molar-refractivity contribution < 1.29 is 9.53 Å². The molecule has 28 heavy (non-hydrogen) atoms. The summed E-state index contributed by atoms with van der Waals surface area (Å²) in [5.41, 5.74) is 4.11. The topological polar surface area (TPSA) is 54.5 Å². The Kier molecular flexibility index (Phi) is 5.26. The molecule has 3 aromatic rings. The van der Waals surface area contributed by atoms with Crippen molar-refractivity contribution in [3.63, 3.8) is 0 Å². The van der Waals surface area contributed by atoms with Crippen molar-refractivity contribution in [1.29, 1.82) is 0 Å². The first-order valence-corrected chi connectivity index (χ1v) is 9.67. The van der Waals surface area contributed by atoms with E-state index < -0.39 is 0 Å². The molecule has 5 nitrogen and oxygen atoms in total. The predicted molar refractivity (Wildman–Crippen MR) is 111 cm³/mol. The Balaban J connectivity index is 1.54. The van der Waals surface area contributed by atoms with Crippen molar-refractivity contribution in [2.75, 3.05) is 19.0 Å². The predicted octanol–water partition coefficient (Wildman–Crippen LogP) is 4.54. The van der Waals surface area contributed by atoms with E-state index in [0.29, 0.717) is 6.04 Å². The van der Waals surface area contributed by atoms with Crippen LogP contribution in [0.15, 0.2) is 54.6 Å². The third-order valence-electron chi connectivity index (χ3n) is 5.27. The molecule has 1 amide bonds. The van der Waals surface area contributed by atoms with Crippen molar-refractivity contribution in [2.24, 2.45) is 0 Å². The monoisotopic (exact) mass is 375 g/mol. The van der Waals surface area contributed by atoms with Crippen LogP contribution in [-0.2, 0) is 11.3 Å². The number of amides is 1. The Morgan fingerprint density at radius 3 is 2.93 bits per heavy atom. The lowest BCUT2D eigenvalue weighted by Gasteiger charge is -2.25. The van der Waals surface area contributed by atoms with Crippen LogP contribution in [0.5, 0.6) is 5.75 Å². The fourth-order valence-corrected chi connectivity index (χ4v) is 3.99. The third kappa shape index (κ3) is 3.99. The first-order chi connectivity index (χ1) is 13.6. The minimum Gasteiger partial charge on any atom is -0.497 e. The standard InChI is InChI=1S/C23H25N3O2/c1-16(27)24-19-10-11-22-17(13-19)8-9-20(25-22)15-26-12-4-7-23(26)18-5-3-6-21(14-18)28-2/h3,5-6,8-11,13-14,23H,4,7,12,15H2,1-2H3,(H,24,27)/t23-/m1/s1. The van der Waals surface area contributed by atoms with Gasteiger partial charge in [0.15, 0.2) is 0 Å². The Labute approximate surface area is 165 Å². The SMILES string of the molecule is COc1cccc([C@H]2CCCN2Cc2ccc3cc(NC(C)=O)ccc3n2)c1. The first-order valence-electron chi connectivity index (χ1n) is 9.67. The molecule has 1 aliphatic rings. The molecule has 1 fully saturated rings. The molecule has 4 rings (SSSR count). The van der Waals surface area contributed by atoms with Gasteiger partial charge in [-0.25, -0.2) is 0 Å². The second kappa shape index (κ2) is 7.98. The van der Waals surface area contributed by atoms with Gasteiger partial charge in [-0.05, 0) is 61.3 Å². The van der Waals surface area contributed by atoms with Crippen LogP contribution in [0, 0.1) is 0 Å². The molecule has 0 aliphatic carbocycles. The molecular formula is C23H25N3O2. The molecule has 0 saturated carbocycles. The number of nitrogens with one attached hydrogen (secondary N) is 1. The number of hydrogen-bond acceptors (Lipinski definition) is 4. The maximum Gasteiger partial charge on any atom is 0.221 e. The first kappa shape index (κ1) is 18.4. The van der Waals surface area contributed by atoms with Gasteiger partial charge in [0.1, 0.15) is 5.75 Å². The summed E-state index contributed by atoms with van der Waals surface area (Å²) in [5, 5.41) is 3.85. The summed E-state index contributed by atoms with van der Waals surface area (Å²) >= 11 is 0. The molecule has 1 N–H and O–H groups in total. The highest BCUT2D eigenvalue weighted by Crippen LogP contribution is 2.34. The zero-order chi connectivity index (χ0) is 19.5. The van der Waals surface area contributed by atoms with Gasteiger partial charge in [0, 0.05) is 30.6 Å². The minimum absolute atomic E-state index is 0.0680. The van der Waals surface area contributed by atoms with Gasteiger partial charge in [-0.1, -0.05) is 18.2 Å². The van der Waals surface area contributed by atoms with Crippen molar-refractivity contribution in [1.82, 2.24) is 9.88 Å². The molecule has 1 saturated heterocycles. The zero-order valence-electron chi connectivity index (χ0n) is 16.3. The number of hydrogen-bond donors (Lipinski definition) is 1.